The molecule has 2 N–H and O–H groups in total. The van der Waals surface area contributed by atoms with Crippen molar-refractivity contribution >= 4 is 17.8 Å². The van der Waals surface area contributed by atoms with Crippen molar-refractivity contribution in [2.45, 2.75) is 39.8 Å². The zero-order chi connectivity index (χ0) is 18.4. The number of pyridine rings is 1. The normalized spacial score (nSPS) is 10.9. The molecule has 1 aromatic carbocycles. The van der Waals surface area contributed by atoms with Crippen LogP contribution in [0.1, 0.15) is 42.3 Å². The van der Waals surface area contributed by atoms with Crippen LogP contribution in [0.3, 0.4) is 0 Å². The lowest BCUT2D eigenvalue weighted by Crippen LogP contribution is -2.32. The largest absolute Gasteiger partial charge is 0.444 e. The van der Waals surface area contributed by atoms with Crippen molar-refractivity contribution in [3.05, 3.63) is 59.3 Å². The van der Waals surface area contributed by atoms with E-state index in [1.54, 1.807) is 36.5 Å². The average molecular weight is 341 g/mol. The molecular weight excluding hydrogens is 318 g/mol. The van der Waals surface area contributed by atoms with Crippen LogP contribution in [0.5, 0.6) is 0 Å². The fourth-order valence-electron chi connectivity index (χ4n) is 2.06. The van der Waals surface area contributed by atoms with E-state index in [1.165, 1.54) is 0 Å². The summed E-state index contributed by atoms with van der Waals surface area (Å²) in [5.41, 5.74) is 1.88. The van der Waals surface area contributed by atoms with Crippen LogP contribution in [0, 0.1) is 6.92 Å². The number of aromatic nitrogens is 1. The van der Waals surface area contributed by atoms with Crippen molar-refractivity contribution in [3.63, 3.8) is 0 Å². The molecule has 0 radical (unpaired) electrons. The molecule has 1 aromatic heterocycles. The number of anilines is 1. The number of amides is 2. The van der Waals surface area contributed by atoms with Gasteiger partial charge in [-0.1, -0.05) is 12.1 Å². The van der Waals surface area contributed by atoms with E-state index in [1.807, 2.05) is 33.8 Å². The highest BCUT2D eigenvalue weighted by Gasteiger charge is 2.15. The Hall–Kier alpha value is -2.89. The minimum absolute atomic E-state index is 0.232. The average Bonchev–Trinajstić information content (AvgIpc) is 2.52. The van der Waals surface area contributed by atoms with Gasteiger partial charge in [0, 0.05) is 18.3 Å². The smallest absolute Gasteiger partial charge is 0.407 e. The van der Waals surface area contributed by atoms with Crippen molar-refractivity contribution in [2.75, 3.05) is 5.32 Å². The molecule has 2 amide bonds. The Bertz CT molecular complexity index is 749. The van der Waals surface area contributed by atoms with Crippen molar-refractivity contribution < 1.29 is 14.3 Å². The molecule has 0 bridgehead atoms. The summed E-state index contributed by atoms with van der Waals surface area (Å²) in [6, 6.07) is 10.7. The number of hydrogen-bond acceptors (Lipinski definition) is 4. The molecule has 0 atom stereocenters. The summed E-state index contributed by atoms with van der Waals surface area (Å²) in [5.74, 6) is 0.283. The van der Waals surface area contributed by atoms with Gasteiger partial charge in [-0.15, -0.1) is 0 Å². The molecule has 1 heterocycles. The molecule has 0 saturated carbocycles. The number of benzene rings is 1. The van der Waals surface area contributed by atoms with Crippen molar-refractivity contribution in [1.29, 1.82) is 0 Å². The van der Waals surface area contributed by atoms with Crippen LogP contribution in [0.4, 0.5) is 10.6 Å². The number of ether oxygens (including phenoxy) is 1. The van der Waals surface area contributed by atoms with Crippen molar-refractivity contribution in [1.82, 2.24) is 10.3 Å². The van der Waals surface area contributed by atoms with E-state index in [9.17, 15) is 9.59 Å². The van der Waals surface area contributed by atoms with Gasteiger partial charge in [0.05, 0.1) is 0 Å². The van der Waals surface area contributed by atoms with Gasteiger partial charge in [0.15, 0.2) is 0 Å². The van der Waals surface area contributed by atoms with Crippen molar-refractivity contribution in [3.8, 4) is 0 Å². The number of rotatable bonds is 4. The predicted octanol–water partition coefficient (Wildman–Crippen LogP) is 3.67. The second kappa shape index (κ2) is 7.79. The molecular formula is C19H23N3O3. The summed E-state index contributed by atoms with van der Waals surface area (Å²) >= 11 is 0. The monoisotopic (exact) mass is 341 g/mol. The van der Waals surface area contributed by atoms with E-state index in [2.05, 4.69) is 15.6 Å². The first-order valence-corrected chi connectivity index (χ1v) is 8.03. The van der Waals surface area contributed by atoms with Gasteiger partial charge in [0.1, 0.15) is 11.4 Å². The van der Waals surface area contributed by atoms with Gasteiger partial charge in [0.25, 0.3) is 5.91 Å². The molecule has 25 heavy (non-hydrogen) atoms. The van der Waals surface area contributed by atoms with Gasteiger partial charge in [-0.2, -0.15) is 0 Å². The van der Waals surface area contributed by atoms with Crippen LogP contribution in [-0.2, 0) is 11.3 Å². The molecule has 0 spiro atoms. The lowest BCUT2D eigenvalue weighted by atomic mass is 10.1. The number of carbonyl (C=O) groups excluding carboxylic acids is 2. The number of alkyl carbamates (subject to hydrolysis) is 1. The topological polar surface area (TPSA) is 80.3 Å². The summed E-state index contributed by atoms with van der Waals surface area (Å²) < 4.78 is 5.18. The molecule has 0 fully saturated rings. The second-order valence-electron chi connectivity index (χ2n) is 6.72. The second-order valence-corrected chi connectivity index (χ2v) is 6.72. The molecule has 0 aliphatic rings. The summed E-state index contributed by atoms with van der Waals surface area (Å²) in [6.45, 7) is 7.69. The van der Waals surface area contributed by atoms with Crippen LogP contribution in [0.2, 0.25) is 0 Å². The van der Waals surface area contributed by atoms with E-state index in [4.69, 9.17) is 4.74 Å². The number of hydrogen-bond donors (Lipinski definition) is 2. The van der Waals surface area contributed by atoms with Crippen LogP contribution < -0.4 is 10.6 Å². The molecule has 0 saturated heterocycles. The Kier molecular flexibility index (Phi) is 5.75. The Morgan fingerprint density at radius 3 is 2.40 bits per heavy atom. The van der Waals surface area contributed by atoms with Gasteiger partial charge in [-0.05, 0) is 63.1 Å². The summed E-state index contributed by atoms with van der Waals surface area (Å²) in [4.78, 5) is 28.0. The van der Waals surface area contributed by atoms with E-state index in [-0.39, 0.29) is 5.91 Å². The van der Waals surface area contributed by atoms with E-state index < -0.39 is 11.7 Å². The number of nitrogens with one attached hydrogen (secondary N) is 2. The van der Waals surface area contributed by atoms with E-state index >= 15 is 0 Å². The molecule has 2 rings (SSSR count). The molecule has 0 aliphatic heterocycles. The lowest BCUT2D eigenvalue weighted by molar-refractivity contribution is 0.0523. The Morgan fingerprint density at radius 1 is 1.12 bits per heavy atom. The van der Waals surface area contributed by atoms with E-state index in [0.717, 1.165) is 11.1 Å². The van der Waals surface area contributed by atoms with Crippen LogP contribution >= 0.6 is 0 Å². The fraction of sp³-hybridized carbons (Fsp3) is 0.316. The molecule has 6 heteroatoms. The number of aryl methyl sites for hydroxylation is 1. The standard InChI is InChI=1S/C19H23N3O3/c1-13-9-10-20-16(11-13)22-17(23)15-7-5-14(6-8-15)12-21-18(24)25-19(2,3)4/h5-11H,12H2,1-4H3,(H,21,24)(H,20,22,23). The lowest BCUT2D eigenvalue weighted by Gasteiger charge is -2.19. The van der Waals surface area contributed by atoms with Crippen LogP contribution in [0.25, 0.3) is 0 Å². The Labute approximate surface area is 147 Å². The third-order valence-electron chi connectivity index (χ3n) is 3.21. The van der Waals surface area contributed by atoms with Gasteiger partial charge < -0.3 is 15.4 Å². The molecule has 132 valence electrons. The highest BCUT2D eigenvalue weighted by Crippen LogP contribution is 2.10. The maximum atomic E-state index is 12.2. The summed E-state index contributed by atoms with van der Waals surface area (Å²) in [7, 11) is 0. The number of nitrogens with zero attached hydrogens (tertiary/aromatic N) is 1. The maximum absolute atomic E-state index is 12.2. The fourth-order valence-corrected chi connectivity index (χ4v) is 2.06. The van der Waals surface area contributed by atoms with Crippen LogP contribution in [0.15, 0.2) is 42.6 Å². The van der Waals surface area contributed by atoms with E-state index in [0.29, 0.717) is 17.9 Å². The Balaban J connectivity index is 1.91. The minimum atomic E-state index is -0.532. The first-order valence-electron chi connectivity index (χ1n) is 8.03. The molecule has 2 aromatic rings. The summed E-state index contributed by atoms with van der Waals surface area (Å²) in [5, 5.41) is 5.43. The zero-order valence-corrected chi connectivity index (χ0v) is 14.9. The Morgan fingerprint density at radius 2 is 1.80 bits per heavy atom. The third kappa shape index (κ3) is 6.25. The van der Waals surface area contributed by atoms with Gasteiger partial charge in [-0.25, -0.2) is 9.78 Å². The highest BCUT2D eigenvalue weighted by molar-refractivity contribution is 6.03. The quantitative estimate of drug-likeness (QED) is 0.889. The van der Waals surface area contributed by atoms with Gasteiger partial charge in [0.2, 0.25) is 0 Å². The SMILES string of the molecule is Cc1ccnc(NC(=O)c2ccc(CNC(=O)OC(C)(C)C)cc2)c1. The minimum Gasteiger partial charge on any atom is -0.444 e. The zero-order valence-electron chi connectivity index (χ0n) is 14.9. The number of carbonyl (C=O) groups is 2. The van der Waals surface area contributed by atoms with Crippen molar-refractivity contribution in [2.24, 2.45) is 0 Å². The van der Waals surface area contributed by atoms with Gasteiger partial charge in [-0.3, -0.25) is 4.79 Å². The third-order valence-corrected chi connectivity index (χ3v) is 3.21. The first-order chi connectivity index (χ1) is 11.7. The highest BCUT2D eigenvalue weighted by atomic mass is 16.6. The first kappa shape index (κ1) is 18.4. The maximum Gasteiger partial charge on any atom is 0.407 e. The summed E-state index contributed by atoms with van der Waals surface area (Å²) in [6.07, 6.45) is 1.18. The van der Waals surface area contributed by atoms with Gasteiger partial charge >= 0.3 is 6.09 Å². The molecule has 0 unspecified atom stereocenters. The van der Waals surface area contributed by atoms with Crippen LogP contribution in [-0.4, -0.2) is 22.6 Å². The molecule has 0 aliphatic carbocycles. The predicted molar refractivity (Wildman–Crippen MR) is 96.4 cm³/mol. The molecule has 6 nitrogen and oxygen atoms in total.